The van der Waals surface area contributed by atoms with Gasteiger partial charge in [-0.15, -0.1) is 0 Å². The molecule has 0 fully saturated rings. The predicted molar refractivity (Wildman–Crippen MR) is 77.2 cm³/mol. The maximum Gasteiger partial charge on any atom is 0.132 e. The fraction of sp³-hybridized carbons (Fsp3) is 0.294. The van der Waals surface area contributed by atoms with E-state index in [0.29, 0.717) is 11.3 Å². The lowest BCUT2D eigenvalue weighted by Crippen LogP contribution is -1.99. The summed E-state index contributed by atoms with van der Waals surface area (Å²) in [5.41, 5.74) is 1.49. The number of aliphatic hydroxyl groups is 1. The van der Waals surface area contributed by atoms with Gasteiger partial charge >= 0.3 is 0 Å². The number of rotatable bonds is 7. The largest absolute Gasteiger partial charge is 0.489 e. The van der Waals surface area contributed by atoms with E-state index < -0.39 is 11.6 Å². The third-order valence-electron chi connectivity index (χ3n) is 3.21. The van der Waals surface area contributed by atoms with Gasteiger partial charge in [0.2, 0.25) is 0 Å². The van der Waals surface area contributed by atoms with Crippen LogP contribution in [0.5, 0.6) is 5.75 Å². The molecule has 2 aromatic carbocycles. The quantitative estimate of drug-likeness (QED) is 0.785. The molecule has 2 aromatic rings. The molecule has 0 amide bonds. The molecule has 0 aliphatic heterocycles. The van der Waals surface area contributed by atoms with Crippen molar-refractivity contribution in [3.05, 3.63) is 65.2 Å². The number of hydrogen-bond acceptors (Lipinski definition) is 2. The third kappa shape index (κ3) is 4.83. The Balaban J connectivity index is 1.88. The Bertz CT molecular complexity index is 568. The highest BCUT2D eigenvalue weighted by Crippen LogP contribution is 2.17. The van der Waals surface area contributed by atoms with Crippen molar-refractivity contribution in [2.24, 2.45) is 0 Å². The molecule has 21 heavy (non-hydrogen) atoms. The van der Waals surface area contributed by atoms with Crippen LogP contribution in [-0.4, -0.2) is 11.7 Å². The van der Waals surface area contributed by atoms with Crippen molar-refractivity contribution in [1.82, 2.24) is 0 Å². The molecule has 0 saturated carbocycles. The summed E-state index contributed by atoms with van der Waals surface area (Å²) >= 11 is 0. The summed E-state index contributed by atoms with van der Waals surface area (Å²) in [4.78, 5) is 0. The van der Waals surface area contributed by atoms with Gasteiger partial charge in [-0.3, -0.25) is 0 Å². The Labute approximate surface area is 123 Å². The standard InChI is InChI=1S/C17H18F2O2/c18-15-7-6-14(17(19)11-15)12-21-16-8-4-13(5-9-16)3-1-2-10-20/h4-9,11,20H,1-3,10,12H2. The van der Waals surface area contributed by atoms with Gasteiger partial charge in [-0.2, -0.15) is 0 Å². The zero-order chi connectivity index (χ0) is 15.1. The smallest absolute Gasteiger partial charge is 0.132 e. The maximum atomic E-state index is 13.4. The van der Waals surface area contributed by atoms with Crippen LogP contribution in [0.15, 0.2) is 42.5 Å². The van der Waals surface area contributed by atoms with Gasteiger partial charge in [-0.1, -0.05) is 12.1 Å². The summed E-state index contributed by atoms with van der Waals surface area (Å²) in [6.07, 6.45) is 2.65. The molecule has 0 unspecified atom stereocenters. The second-order valence-corrected chi connectivity index (χ2v) is 4.85. The molecule has 0 bridgehead atoms. The molecule has 0 aliphatic rings. The first-order chi connectivity index (χ1) is 10.2. The summed E-state index contributed by atoms with van der Waals surface area (Å²) in [7, 11) is 0. The van der Waals surface area contributed by atoms with E-state index in [2.05, 4.69) is 0 Å². The minimum atomic E-state index is -0.601. The second-order valence-electron chi connectivity index (χ2n) is 4.85. The van der Waals surface area contributed by atoms with Crippen LogP contribution in [-0.2, 0) is 13.0 Å². The Morgan fingerprint density at radius 2 is 1.71 bits per heavy atom. The molecule has 4 heteroatoms. The minimum absolute atomic E-state index is 0.0654. The van der Waals surface area contributed by atoms with E-state index in [0.717, 1.165) is 25.3 Å². The number of ether oxygens (including phenoxy) is 1. The van der Waals surface area contributed by atoms with Crippen LogP contribution in [0.3, 0.4) is 0 Å². The van der Waals surface area contributed by atoms with E-state index in [4.69, 9.17) is 9.84 Å². The normalized spacial score (nSPS) is 10.6. The van der Waals surface area contributed by atoms with Gasteiger partial charge < -0.3 is 9.84 Å². The van der Waals surface area contributed by atoms with E-state index in [1.54, 1.807) is 0 Å². The topological polar surface area (TPSA) is 29.5 Å². The summed E-state index contributed by atoms with van der Waals surface area (Å²) in [5, 5.41) is 8.73. The Morgan fingerprint density at radius 3 is 2.38 bits per heavy atom. The average molecular weight is 292 g/mol. The number of aryl methyl sites for hydroxylation is 1. The van der Waals surface area contributed by atoms with Crippen molar-refractivity contribution in [3.63, 3.8) is 0 Å². The van der Waals surface area contributed by atoms with E-state index in [1.165, 1.54) is 17.7 Å². The molecule has 112 valence electrons. The number of aliphatic hydroxyl groups excluding tert-OH is 1. The molecule has 0 saturated heterocycles. The first-order valence-electron chi connectivity index (χ1n) is 6.95. The van der Waals surface area contributed by atoms with Gasteiger partial charge in [0, 0.05) is 18.2 Å². The fourth-order valence-corrected chi connectivity index (χ4v) is 1.99. The van der Waals surface area contributed by atoms with E-state index in [9.17, 15) is 8.78 Å². The van der Waals surface area contributed by atoms with Crippen LogP contribution in [0, 0.1) is 11.6 Å². The molecule has 2 nitrogen and oxygen atoms in total. The van der Waals surface area contributed by atoms with Gasteiger partial charge in [0.25, 0.3) is 0 Å². The summed E-state index contributed by atoms with van der Waals surface area (Å²) in [6, 6.07) is 11.0. The van der Waals surface area contributed by atoms with Gasteiger partial charge in [0.15, 0.2) is 0 Å². The van der Waals surface area contributed by atoms with E-state index in [-0.39, 0.29) is 13.2 Å². The Kier molecular flexibility index (Phi) is 5.69. The van der Waals surface area contributed by atoms with Crippen LogP contribution >= 0.6 is 0 Å². The average Bonchev–Trinajstić information content (AvgIpc) is 2.48. The number of hydrogen-bond donors (Lipinski definition) is 1. The molecule has 1 N–H and O–H groups in total. The maximum absolute atomic E-state index is 13.4. The second kappa shape index (κ2) is 7.74. The first-order valence-corrected chi connectivity index (χ1v) is 6.95. The van der Waals surface area contributed by atoms with Crippen molar-refractivity contribution < 1.29 is 18.6 Å². The van der Waals surface area contributed by atoms with Gasteiger partial charge in [-0.05, 0) is 49.1 Å². The zero-order valence-corrected chi connectivity index (χ0v) is 11.7. The van der Waals surface area contributed by atoms with Crippen LogP contribution in [0.1, 0.15) is 24.0 Å². The van der Waals surface area contributed by atoms with Gasteiger partial charge in [-0.25, -0.2) is 8.78 Å². The molecule has 0 aliphatic carbocycles. The van der Waals surface area contributed by atoms with Crippen molar-refractivity contribution in [1.29, 1.82) is 0 Å². The van der Waals surface area contributed by atoms with Crippen molar-refractivity contribution in [2.45, 2.75) is 25.9 Å². The first kappa shape index (κ1) is 15.4. The summed E-state index contributed by atoms with van der Waals surface area (Å²) in [6.45, 7) is 0.278. The van der Waals surface area contributed by atoms with Crippen LogP contribution in [0.2, 0.25) is 0 Å². The van der Waals surface area contributed by atoms with Crippen molar-refractivity contribution in [3.8, 4) is 5.75 Å². The molecule has 0 aromatic heterocycles. The monoisotopic (exact) mass is 292 g/mol. The van der Waals surface area contributed by atoms with E-state index >= 15 is 0 Å². The summed E-state index contributed by atoms with van der Waals surface area (Å²) < 4.78 is 31.7. The highest BCUT2D eigenvalue weighted by Gasteiger charge is 2.04. The lowest BCUT2D eigenvalue weighted by Gasteiger charge is -2.08. The number of unbranched alkanes of at least 4 members (excludes halogenated alkanes) is 1. The van der Waals surface area contributed by atoms with Crippen LogP contribution < -0.4 is 4.74 Å². The Morgan fingerprint density at radius 1 is 0.952 bits per heavy atom. The fourth-order valence-electron chi connectivity index (χ4n) is 1.99. The van der Waals surface area contributed by atoms with E-state index in [1.807, 2.05) is 24.3 Å². The van der Waals surface area contributed by atoms with Gasteiger partial charge in [0.05, 0.1) is 0 Å². The molecule has 2 rings (SSSR count). The molecule has 0 radical (unpaired) electrons. The van der Waals surface area contributed by atoms with Gasteiger partial charge in [0.1, 0.15) is 24.0 Å². The molecular formula is C17H18F2O2. The van der Waals surface area contributed by atoms with Crippen LogP contribution in [0.25, 0.3) is 0 Å². The molecular weight excluding hydrogens is 274 g/mol. The summed E-state index contributed by atoms with van der Waals surface area (Å²) in [5.74, 6) is -0.552. The zero-order valence-electron chi connectivity index (χ0n) is 11.7. The van der Waals surface area contributed by atoms with Crippen LogP contribution in [0.4, 0.5) is 8.78 Å². The predicted octanol–water partition coefficient (Wildman–Crippen LogP) is 3.86. The minimum Gasteiger partial charge on any atom is -0.489 e. The Hall–Kier alpha value is -1.94. The molecule has 0 spiro atoms. The number of halogens is 2. The highest BCUT2D eigenvalue weighted by molar-refractivity contribution is 5.28. The lowest BCUT2D eigenvalue weighted by molar-refractivity contribution is 0.284. The number of benzene rings is 2. The SMILES string of the molecule is OCCCCc1ccc(OCc2ccc(F)cc2F)cc1. The third-order valence-corrected chi connectivity index (χ3v) is 3.21. The lowest BCUT2D eigenvalue weighted by atomic mass is 10.1. The highest BCUT2D eigenvalue weighted by atomic mass is 19.1. The van der Waals surface area contributed by atoms with Crippen molar-refractivity contribution >= 4 is 0 Å². The van der Waals surface area contributed by atoms with Crippen molar-refractivity contribution in [2.75, 3.05) is 6.61 Å². The molecule has 0 heterocycles. The molecule has 0 atom stereocenters.